The van der Waals surface area contributed by atoms with Crippen molar-refractivity contribution in [2.24, 2.45) is 0 Å². The number of benzene rings is 1. The molecule has 0 aliphatic carbocycles. The van der Waals surface area contributed by atoms with E-state index in [0.717, 1.165) is 40.1 Å². The van der Waals surface area contributed by atoms with Crippen molar-refractivity contribution in [1.29, 1.82) is 0 Å². The quantitative estimate of drug-likeness (QED) is 0.484. The van der Waals surface area contributed by atoms with E-state index in [4.69, 9.17) is 25.1 Å². The SMILES string of the molecule is CCC[CH2][Sn]1([CH2]CCC)[O][C@@H]2[C@H]([O]1)[C@@H](OC)O[C@@H]1COC(c3ccccc3)O[C@@H]21. The van der Waals surface area contributed by atoms with Gasteiger partial charge in [-0.2, -0.15) is 0 Å². The molecule has 0 spiro atoms. The zero-order valence-electron chi connectivity index (χ0n) is 17.8. The Balaban J connectivity index is 1.55. The van der Waals surface area contributed by atoms with E-state index in [0.29, 0.717) is 6.61 Å². The van der Waals surface area contributed by atoms with Crippen molar-refractivity contribution < 1.29 is 25.1 Å². The summed E-state index contributed by atoms with van der Waals surface area (Å²) in [5, 5.41) is 0. The molecule has 7 heteroatoms. The molecule has 3 aliphatic rings. The predicted octanol–water partition coefficient (Wildman–Crippen LogP) is 4.30. The third-order valence-electron chi connectivity index (χ3n) is 6.11. The zero-order valence-corrected chi connectivity index (χ0v) is 20.6. The minimum atomic E-state index is -3.21. The molecule has 1 aromatic carbocycles. The van der Waals surface area contributed by atoms with Crippen LogP contribution in [0, 0.1) is 0 Å². The Hall–Kier alpha value is -0.221. The van der Waals surface area contributed by atoms with Gasteiger partial charge in [0.05, 0.1) is 0 Å². The number of fused-ring (bicyclic) bond motifs is 3. The Morgan fingerprint density at radius 1 is 0.931 bits per heavy atom. The molecule has 3 heterocycles. The number of unbranched alkanes of at least 4 members (excludes halogenated alkanes) is 2. The minimum absolute atomic E-state index is 0.140. The first kappa shape index (κ1) is 22.0. The topological polar surface area (TPSA) is 55.4 Å². The van der Waals surface area contributed by atoms with Crippen molar-refractivity contribution in [2.75, 3.05) is 13.7 Å². The third-order valence-corrected chi connectivity index (χ3v) is 16.5. The number of rotatable bonds is 8. The fourth-order valence-electron chi connectivity index (χ4n) is 4.55. The average molecular weight is 513 g/mol. The molecule has 3 saturated heterocycles. The first-order valence-corrected chi connectivity index (χ1v) is 17.4. The molecule has 4 rings (SSSR count). The molecule has 1 aromatic rings. The molecule has 0 N–H and O–H groups in total. The summed E-state index contributed by atoms with van der Waals surface area (Å²) < 4.78 is 40.1. The molecule has 6 nitrogen and oxygen atoms in total. The summed E-state index contributed by atoms with van der Waals surface area (Å²) >= 11 is -3.21. The van der Waals surface area contributed by atoms with Gasteiger partial charge in [0.2, 0.25) is 0 Å². The van der Waals surface area contributed by atoms with E-state index >= 15 is 0 Å². The number of ether oxygens (including phenoxy) is 4. The second kappa shape index (κ2) is 9.93. The molecule has 1 unspecified atom stereocenters. The van der Waals surface area contributed by atoms with Gasteiger partial charge in [0.15, 0.2) is 0 Å². The van der Waals surface area contributed by atoms with Crippen LogP contribution in [0.5, 0.6) is 0 Å². The Bertz CT molecular complexity index is 635. The Morgan fingerprint density at radius 3 is 2.28 bits per heavy atom. The van der Waals surface area contributed by atoms with Crippen LogP contribution in [0.1, 0.15) is 51.4 Å². The molecule has 3 aliphatic heterocycles. The van der Waals surface area contributed by atoms with Crippen molar-refractivity contribution in [3.8, 4) is 0 Å². The molecule has 0 saturated carbocycles. The summed E-state index contributed by atoms with van der Waals surface area (Å²) in [5.41, 5.74) is 1.02. The van der Waals surface area contributed by atoms with Crippen LogP contribution < -0.4 is 0 Å². The maximum atomic E-state index is 6.89. The summed E-state index contributed by atoms with van der Waals surface area (Å²) in [7, 11) is 1.68. The van der Waals surface area contributed by atoms with Crippen molar-refractivity contribution in [3.63, 3.8) is 0 Å². The van der Waals surface area contributed by atoms with Gasteiger partial charge in [-0.3, -0.25) is 0 Å². The van der Waals surface area contributed by atoms with Crippen molar-refractivity contribution in [1.82, 2.24) is 0 Å². The van der Waals surface area contributed by atoms with Crippen LogP contribution in [-0.2, 0) is 25.1 Å². The van der Waals surface area contributed by atoms with Gasteiger partial charge in [-0.25, -0.2) is 0 Å². The van der Waals surface area contributed by atoms with Gasteiger partial charge < -0.3 is 0 Å². The summed E-state index contributed by atoms with van der Waals surface area (Å²) in [6.07, 6.45) is 3.04. The molecule has 0 bridgehead atoms. The van der Waals surface area contributed by atoms with Crippen LogP contribution in [0.15, 0.2) is 30.3 Å². The second-order valence-corrected chi connectivity index (χ2v) is 17.6. The molecule has 0 radical (unpaired) electrons. The Labute approximate surface area is 179 Å². The van der Waals surface area contributed by atoms with Gasteiger partial charge in [-0.05, 0) is 0 Å². The van der Waals surface area contributed by atoms with Gasteiger partial charge in [0, 0.05) is 0 Å². The van der Waals surface area contributed by atoms with Gasteiger partial charge in [0.1, 0.15) is 0 Å². The number of methoxy groups -OCH3 is 1. The predicted molar refractivity (Wildman–Crippen MR) is 111 cm³/mol. The van der Waals surface area contributed by atoms with Crippen LogP contribution >= 0.6 is 0 Å². The van der Waals surface area contributed by atoms with E-state index in [1.165, 1.54) is 0 Å². The van der Waals surface area contributed by atoms with Crippen LogP contribution in [0.25, 0.3) is 0 Å². The van der Waals surface area contributed by atoms with E-state index in [1.807, 2.05) is 30.3 Å². The number of hydrogen-bond donors (Lipinski definition) is 0. The fraction of sp³-hybridized carbons (Fsp3) is 0.727. The molecular formula is C22H34O6Sn. The third kappa shape index (κ3) is 4.68. The normalized spacial score (nSPS) is 35.8. The molecule has 162 valence electrons. The monoisotopic (exact) mass is 514 g/mol. The van der Waals surface area contributed by atoms with Crippen molar-refractivity contribution in [2.45, 2.75) is 85.4 Å². The summed E-state index contributed by atoms with van der Waals surface area (Å²) in [4.78, 5) is 0. The van der Waals surface area contributed by atoms with Crippen LogP contribution in [0.2, 0.25) is 8.87 Å². The van der Waals surface area contributed by atoms with E-state index < -0.39 is 31.8 Å². The summed E-state index contributed by atoms with van der Waals surface area (Å²) in [5.74, 6) is 0. The zero-order chi connectivity index (χ0) is 20.3. The first-order chi connectivity index (χ1) is 14.2. The standard InChI is InChI=1S/C14H16O6.2C4H9.Sn/c1-17-14-11(16)10(15)12-9(19-14)7-18-13(20-12)8-5-3-2-4-6-8;2*1-3-4-2;/h2-6,9-14H,7H2,1H3;2*1,3-4H2,2H3;/q-2;;;+2/t9-,10-,11+,12-,13?,14+;;;/m1.../s1. The van der Waals surface area contributed by atoms with Crippen LogP contribution in [0.3, 0.4) is 0 Å². The van der Waals surface area contributed by atoms with Crippen LogP contribution in [-0.4, -0.2) is 63.6 Å². The summed E-state index contributed by atoms with van der Waals surface area (Å²) in [6, 6.07) is 10.1. The van der Waals surface area contributed by atoms with E-state index in [2.05, 4.69) is 13.8 Å². The van der Waals surface area contributed by atoms with E-state index in [9.17, 15) is 0 Å². The molecular weight excluding hydrogens is 479 g/mol. The molecule has 6 atom stereocenters. The summed E-state index contributed by atoms with van der Waals surface area (Å²) in [6.45, 7) is 4.91. The van der Waals surface area contributed by atoms with Crippen molar-refractivity contribution in [3.05, 3.63) is 35.9 Å². The Morgan fingerprint density at radius 2 is 1.62 bits per heavy atom. The second-order valence-electron chi connectivity index (χ2n) is 8.24. The van der Waals surface area contributed by atoms with Gasteiger partial charge in [0.25, 0.3) is 0 Å². The fourth-order valence-corrected chi connectivity index (χ4v) is 16.2. The molecule has 0 amide bonds. The van der Waals surface area contributed by atoms with Gasteiger partial charge in [-0.15, -0.1) is 0 Å². The molecule has 3 fully saturated rings. The van der Waals surface area contributed by atoms with E-state index in [1.54, 1.807) is 7.11 Å². The molecule has 0 aromatic heterocycles. The van der Waals surface area contributed by atoms with E-state index in [-0.39, 0.29) is 24.4 Å². The number of hydrogen-bond acceptors (Lipinski definition) is 6. The first-order valence-electron chi connectivity index (χ1n) is 11.1. The van der Waals surface area contributed by atoms with Crippen LogP contribution in [0.4, 0.5) is 0 Å². The maximum absolute atomic E-state index is 6.89. The average Bonchev–Trinajstić information content (AvgIpc) is 3.16. The molecule has 29 heavy (non-hydrogen) atoms. The van der Waals surface area contributed by atoms with Gasteiger partial charge in [-0.1, -0.05) is 0 Å². The van der Waals surface area contributed by atoms with Gasteiger partial charge >= 0.3 is 179 Å². The Kier molecular flexibility index (Phi) is 7.53. The van der Waals surface area contributed by atoms with Crippen molar-refractivity contribution >= 4 is 19.2 Å².